The summed E-state index contributed by atoms with van der Waals surface area (Å²) in [5, 5.41) is 4.90. The Hall–Kier alpha value is -0.940. The van der Waals surface area contributed by atoms with Gasteiger partial charge in [0.2, 0.25) is 0 Å². The molecule has 0 amide bonds. The summed E-state index contributed by atoms with van der Waals surface area (Å²) in [4.78, 5) is 3.99. The fourth-order valence-electron chi connectivity index (χ4n) is 2.69. The number of hydrogen-bond donors (Lipinski definition) is 1. The Morgan fingerprint density at radius 1 is 1.25 bits per heavy atom. The molecule has 1 N–H and O–H groups in total. The van der Waals surface area contributed by atoms with E-state index in [1.807, 2.05) is 11.3 Å². The highest BCUT2D eigenvalue weighted by Gasteiger charge is 2.16. The van der Waals surface area contributed by atoms with Gasteiger partial charge in [0.25, 0.3) is 0 Å². The number of thiophene rings is 1. The van der Waals surface area contributed by atoms with Gasteiger partial charge < -0.3 is 10.1 Å². The van der Waals surface area contributed by atoms with Crippen molar-refractivity contribution in [2.75, 3.05) is 32.8 Å². The number of ether oxygens (including phenoxy) is 1. The van der Waals surface area contributed by atoms with Crippen molar-refractivity contribution < 1.29 is 4.74 Å². The average Bonchev–Trinajstić information content (AvgIpc) is 2.84. The second-order valence-corrected chi connectivity index (χ2v) is 6.31. The largest absolute Gasteiger partial charge is 0.379 e. The van der Waals surface area contributed by atoms with Gasteiger partial charge in [-0.05, 0) is 23.6 Å². The lowest BCUT2D eigenvalue weighted by molar-refractivity contribution is 0.0343. The minimum absolute atomic E-state index is 0.866. The first-order chi connectivity index (χ1) is 9.88. The highest BCUT2D eigenvalue weighted by atomic mass is 32.1. The average molecular weight is 290 g/mol. The van der Waals surface area contributed by atoms with E-state index in [4.69, 9.17) is 4.74 Å². The highest BCUT2D eigenvalue weighted by Crippen LogP contribution is 2.32. The van der Waals surface area contributed by atoms with E-state index in [1.165, 1.54) is 20.5 Å². The molecule has 20 heavy (non-hydrogen) atoms. The maximum absolute atomic E-state index is 5.45. The quantitative estimate of drug-likeness (QED) is 0.916. The molecule has 3 nitrogen and oxygen atoms in total. The van der Waals surface area contributed by atoms with Crippen molar-refractivity contribution in [3.8, 4) is 0 Å². The lowest BCUT2D eigenvalue weighted by atomic mass is 10.1. The van der Waals surface area contributed by atoms with Crippen molar-refractivity contribution in [3.63, 3.8) is 0 Å². The molecule has 0 unspecified atom stereocenters. The molecule has 0 spiro atoms. The number of rotatable bonds is 5. The van der Waals surface area contributed by atoms with Gasteiger partial charge in [-0.25, -0.2) is 0 Å². The van der Waals surface area contributed by atoms with E-state index < -0.39 is 0 Å². The Bertz CT molecular complexity index is 561. The van der Waals surface area contributed by atoms with Crippen LogP contribution in [0.15, 0.2) is 24.3 Å². The van der Waals surface area contributed by atoms with Crippen LogP contribution in [0.3, 0.4) is 0 Å². The van der Waals surface area contributed by atoms with Crippen LogP contribution < -0.4 is 5.32 Å². The first-order valence-corrected chi connectivity index (χ1v) is 8.20. The zero-order valence-electron chi connectivity index (χ0n) is 12.0. The molecule has 4 heteroatoms. The molecule has 2 aromatic rings. The number of benzene rings is 1. The number of nitrogens with one attached hydrogen (secondary N) is 1. The molecule has 0 bridgehead atoms. The van der Waals surface area contributed by atoms with E-state index in [9.17, 15) is 0 Å². The van der Waals surface area contributed by atoms with Gasteiger partial charge in [0.05, 0.1) is 13.2 Å². The SMILES string of the molecule is CCNCc1sc2ccccc2c1CN1CCOCC1. The molecule has 1 aromatic heterocycles. The molecule has 0 aliphatic carbocycles. The van der Waals surface area contributed by atoms with Gasteiger partial charge in [0.1, 0.15) is 0 Å². The van der Waals surface area contributed by atoms with E-state index in [0.29, 0.717) is 0 Å². The van der Waals surface area contributed by atoms with Crippen molar-refractivity contribution in [2.45, 2.75) is 20.0 Å². The monoisotopic (exact) mass is 290 g/mol. The first kappa shape index (κ1) is 14.0. The number of nitrogens with zero attached hydrogens (tertiary/aromatic N) is 1. The molecule has 0 atom stereocenters. The fourth-order valence-corrected chi connectivity index (χ4v) is 3.87. The fraction of sp³-hybridized carbons (Fsp3) is 0.500. The minimum atomic E-state index is 0.866. The molecule has 1 aliphatic rings. The molecule has 1 saturated heterocycles. The summed E-state index contributed by atoms with van der Waals surface area (Å²) in [5.41, 5.74) is 1.51. The summed E-state index contributed by atoms with van der Waals surface area (Å²) in [6.45, 7) is 9.04. The summed E-state index contributed by atoms with van der Waals surface area (Å²) in [7, 11) is 0. The molecule has 0 radical (unpaired) electrons. The third-order valence-corrected chi connectivity index (χ3v) is 5.02. The predicted octanol–water partition coefficient (Wildman–Crippen LogP) is 2.84. The number of fused-ring (bicyclic) bond motifs is 1. The Morgan fingerprint density at radius 2 is 2.05 bits per heavy atom. The molecule has 3 rings (SSSR count). The second-order valence-electron chi connectivity index (χ2n) is 5.17. The zero-order valence-corrected chi connectivity index (χ0v) is 12.8. The van der Waals surface area contributed by atoms with Crippen LogP contribution in [0.5, 0.6) is 0 Å². The van der Waals surface area contributed by atoms with Gasteiger partial charge in [0.15, 0.2) is 0 Å². The van der Waals surface area contributed by atoms with Crippen LogP contribution in [0.4, 0.5) is 0 Å². The van der Waals surface area contributed by atoms with Gasteiger partial charge in [0, 0.05) is 35.8 Å². The maximum Gasteiger partial charge on any atom is 0.0594 e. The van der Waals surface area contributed by atoms with E-state index in [0.717, 1.165) is 45.9 Å². The summed E-state index contributed by atoms with van der Waals surface area (Å²) in [5.74, 6) is 0. The lowest BCUT2D eigenvalue weighted by Crippen LogP contribution is -2.35. The van der Waals surface area contributed by atoms with Crippen LogP contribution in [0.25, 0.3) is 10.1 Å². The van der Waals surface area contributed by atoms with Crippen LogP contribution in [-0.4, -0.2) is 37.7 Å². The standard InChI is InChI=1S/C16H22N2OS/c1-2-17-11-16-14(12-18-7-9-19-10-8-18)13-5-3-4-6-15(13)20-16/h3-6,17H,2,7-12H2,1H3. The van der Waals surface area contributed by atoms with E-state index in [1.54, 1.807) is 0 Å². The summed E-state index contributed by atoms with van der Waals surface area (Å²) in [6.07, 6.45) is 0. The maximum atomic E-state index is 5.45. The van der Waals surface area contributed by atoms with E-state index >= 15 is 0 Å². The number of hydrogen-bond acceptors (Lipinski definition) is 4. The summed E-state index contributed by atoms with van der Waals surface area (Å²) >= 11 is 1.93. The molecule has 1 fully saturated rings. The van der Waals surface area contributed by atoms with E-state index in [2.05, 4.69) is 41.4 Å². The van der Waals surface area contributed by atoms with Crippen LogP contribution >= 0.6 is 11.3 Å². The Balaban J connectivity index is 1.88. The lowest BCUT2D eigenvalue weighted by Gasteiger charge is -2.27. The Labute approximate surface area is 124 Å². The third kappa shape index (κ3) is 3.04. The van der Waals surface area contributed by atoms with Crippen molar-refractivity contribution in [1.29, 1.82) is 0 Å². The summed E-state index contributed by atoms with van der Waals surface area (Å²) in [6, 6.07) is 8.78. The Morgan fingerprint density at radius 3 is 2.85 bits per heavy atom. The molecular formula is C16H22N2OS. The predicted molar refractivity (Wildman–Crippen MR) is 85.3 cm³/mol. The van der Waals surface area contributed by atoms with Gasteiger partial charge in [-0.1, -0.05) is 25.1 Å². The smallest absolute Gasteiger partial charge is 0.0594 e. The molecule has 0 saturated carbocycles. The normalized spacial score (nSPS) is 16.9. The van der Waals surface area contributed by atoms with Crippen molar-refractivity contribution in [2.24, 2.45) is 0 Å². The summed E-state index contributed by atoms with van der Waals surface area (Å²) < 4.78 is 6.86. The topological polar surface area (TPSA) is 24.5 Å². The van der Waals surface area contributed by atoms with Crippen LogP contribution in [0.2, 0.25) is 0 Å². The number of morpholine rings is 1. The molecular weight excluding hydrogens is 268 g/mol. The van der Waals surface area contributed by atoms with Crippen molar-refractivity contribution in [1.82, 2.24) is 10.2 Å². The molecule has 2 heterocycles. The Kier molecular flexibility index (Phi) is 4.68. The van der Waals surface area contributed by atoms with Gasteiger partial charge in [-0.15, -0.1) is 11.3 Å². The molecule has 1 aromatic carbocycles. The van der Waals surface area contributed by atoms with Crippen LogP contribution in [0, 0.1) is 0 Å². The first-order valence-electron chi connectivity index (χ1n) is 7.38. The van der Waals surface area contributed by atoms with Gasteiger partial charge >= 0.3 is 0 Å². The van der Waals surface area contributed by atoms with Crippen LogP contribution in [-0.2, 0) is 17.8 Å². The van der Waals surface area contributed by atoms with Crippen molar-refractivity contribution in [3.05, 3.63) is 34.7 Å². The van der Waals surface area contributed by atoms with Gasteiger partial charge in [-0.2, -0.15) is 0 Å². The molecule has 108 valence electrons. The molecule has 1 aliphatic heterocycles. The second kappa shape index (κ2) is 6.68. The van der Waals surface area contributed by atoms with Gasteiger partial charge in [-0.3, -0.25) is 4.90 Å². The minimum Gasteiger partial charge on any atom is -0.379 e. The highest BCUT2D eigenvalue weighted by molar-refractivity contribution is 7.19. The van der Waals surface area contributed by atoms with Crippen LogP contribution in [0.1, 0.15) is 17.4 Å². The van der Waals surface area contributed by atoms with Crippen molar-refractivity contribution >= 4 is 21.4 Å². The van der Waals surface area contributed by atoms with E-state index in [-0.39, 0.29) is 0 Å². The zero-order chi connectivity index (χ0) is 13.8. The third-order valence-electron chi connectivity index (χ3n) is 3.80.